The first-order valence-corrected chi connectivity index (χ1v) is 12.4. The second-order valence-electron chi connectivity index (χ2n) is 9.13. The van der Waals surface area contributed by atoms with Crippen LogP contribution in [0.5, 0.6) is 17.2 Å². The highest BCUT2D eigenvalue weighted by Gasteiger charge is 2.32. The molecular formula is C28H36N2O5. The molecule has 0 spiro atoms. The molecule has 7 heteroatoms. The average molecular weight is 481 g/mol. The first kappa shape index (κ1) is 24.9. The first-order chi connectivity index (χ1) is 17.1. The number of ether oxygens (including phenoxy) is 3. The van der Waals surface area contributed by atoms with E-state index >= 15 is 0 Å². The van der Waals surface area contributed by atoms with Crippen LogP contribution in [0.2, 0.25) is 0 Å². The van der Waals surface area contributed by atoms with Crippen LogP contribution >= 0.6 is 0 Å². The molecule has 0 saturated heterocycles. The van der Waals surface area contributed by atoms with Gasteiger partial charge in [-0.2, -0.15) is 0 Å². The minimum Gasteiger partial charge on any atom is -0.493 e. The van der Waals surface area contributed by atoms with Crippen molar-refractivity contribution in [2.45, 2.75) is 50.8 Å². The fourth-order valence-electron chi connectivity index (χ4n) is 5.01. The third kappa shape index (κ3) is 6.09. The lowest BCUT2D eigenvalue weighted by molar-refractivity contribution is -0.134. The maximum atomic E-state index is 13.3. The predicted octanol–water partition coefficient (Wildman–Crippen LogP) is 4.18. The number of β-amino-alcohol motifs (C(OH)–C–C–N with tert-alkyl or cyclic N) is 1. The lowest BCUT2D eigenvalue weighted by atomic mass is 10.0. The van der Waals surface area contributed by atoms with Crippen LogP contribution < -0.4 is 19.1 Å². The maximum absolute atomic E-state index is 13.3. The molecule has 35 heavy (non-hydrogen) atoms. The van der Waals surface area contributed by atoms with Crippen molar-refractivity contribution in [1.82, 2.24) is 4.90 Å². The van der Waals surface area contributed by atoms with Crippen LogP contribution in [0, 0.1) is 0 Å². The van der Waals surface area contributed by atoms with Crippen molar-refractivity contribution in [1.29, 1.82) is 0 Å². The molecule has 0 bridgehead atoms. The Bertz CT molecular complexity index is 990. The van der Waals surface area contributed by atoms with Crippen LogP contribution in [-0.4, -0.2) is 61.5 Å². The number of carbonyl (C=O) groups is 1. The van der Waals surface area contributed by atoms with E-state index in [0.29, 0.717) is 49.9 Å². The number of aliphatic hydroxyl groups is 1. The largest absolute Gasteiger partial charge is 0.493 e. The van der Waals surface area contributed by atoms with Gasteiger partial charge in [-0.3, -0.25) is 4.79 Å². The molecule has 0 aromatic heterocycles. The third-order valence-electron chi connectivity index (χ3n) is 6.73. The number of rotatable bonds is 10. The summed E-state index contributed by atoms with van der Waals surface area (Å²) >= 11 is 0. The monoisotopic (exact) mass is 480 g/mol. The topological polar surface area (TPSA) is 71.5 Å². The van der Waals surface area contributed by atoms with Crippen molar-refractivity contribution >= 4 is 11.6 Å². The van der Waals surface area contributed by atoms with E-state index in [-0.39, 0.29) is 18.6 Å². The fraction of sp³-hybridized carbons (Fsp3) is 0.464. The van der Waals surface area contributed by atoms with Crippen LogP contribution in [0.4, 0.5) is 5.69 Å². The molecule has 0 radical (unpaired) electrons. The molecule has 1 aliphatic carbocycles. The summed E-state index contributed by atoms with van der Waals surface area (Å²) < 4.78 is 17.5. The molecule has 1 aliphatic heterocycles. The molecule has 1 fully saturated rings. The number of fused-ring (bicyclic) bond motifs is 1. The smallest absolute Gasteiger partial charge is 0.224 e. The Hall–Kier alpha value is -3.19. The van der Waals surface area contributed by atoms with E-state index < -0.39 is 6.10 Å². The van der Waals surface area contributed by atoms with Crippen molar-refractivity contribution in [3.63, 3.8) is 0 Å². The summed E-state index contributed by atoms with van der Waals surface area (Å²) in [5.41, 5.74) is 1.85. The zero-order valence-corrected chi connectivity index (χ0v) is 20.5. The zero-order chi connectivity index (χ0) is 24.6. The van der Waals surface area contributed by atoms with Crippen LogP contribution in [-0.2, 0) is 11.3 Å². The van der Waals surface area contributed by atoms with Gasteiger partial charge in [0.2, 0.25) is 5.91 Å². The van der Waals surface area contributed by atoms with E-state index in [1.54, 1.807) is 13.2 Å². The Labute approximate surface area is 207 Å². The van der Waals surface area contributed by atoms with Crippen molar-refractivity contribution in [2.75, 3.05) is 38.3 Å². The minimum atomic E-state index is -0.733. The Morgan fingerprint density at radius 2 is 1.91 bits per heavy atom. The summed E-state index contributed by atoms with van der Waals surface area (Å²) in [5.74, 6) is 2.10. The van der Waals surface area contributed by atoms with Gasteiger partial charge in [0.25, 0.3) is 0 Å². The molecule has 1 saturated carbocycles. The predicted molar refractivity (Wildman–Crippen MR) is 136 cm³/mol. The van der Waals surface area contributed by atoms with Gasteiger partial charge in [0.15, 0.2) is 11.5 Å². The summed E-state index contributed by atoms with van der Waals surface area (Å²) in [6, 6.07) is 13.6. The highest BCUT2D eigenvalue weighted by molar-refractivity contribution is 5.79. The standard InChI is InChI=1S/C28H36N2O5/c1-3-17-34-28-24-19-30(21-9-7-8-10-21)27(32)15-16-29(25(24)13-14-26(28)33-2)18-22(31)20-35-23-11-5-4-6-12-23/h3-6,11-14,21-22,31H,1,7-10,15-20H2,2H3. The van der Waals surface area contributed by atoms with Crippen LogP contribution in [0.1, 0.15) is 37.7 Å². The number of aliphatic hydroxyl groups excluding tert-OH is 1. The van der Waals surface area contributed by atoms with E-state index in [9.17, 15) is 9.90 Å². The number of hydrogen-bond acceptors (Lipinski definition) is 6. The number of benzene rings is 2. The molecule has 188 valence electrons. The van der Waals surface area contributed by atoms with Crippen LogP contribution in [0.15, 0.2) is 55.1 Å². The summed E-state index contributed by atoms with van der Waals surface area (Å²) in [7, 11) is 1.62. The van der Waals surface area contributed by atoms with Crippen molar-refractivity contribution < 1.29 is 24.1 Å². The van der Waals surface area contributed by atoms with Gasteiger partial charge in [0, 0.05) is 36.8 Å². The number of methoxy groups -OCH3 is 1. The van der Waals surface area contributed by atoms with E-state index in [1.807, 2.05) is 47.4 Å². The lowest BCUT2D eigenvalue weighted by Crippen LogP contribution is -2.44. The fourth-order valence-corrected chi connectivity index (χ4v) is 5.01. The molecule has 1 amide bonds. The normalized spacial score (nSPS) is 17.4. The SMILES string of the molecule is C=CCOc1c(OC)ccc2c1CN(C1CCCC1)C(=O)CCN2CC(O)COc1ccccc1. The number of amides is 1. The molecule has 4 rings (SSSR count). The molecule has 2 aromatic rings. The number of anilines is 1. The quantitative estimate of drug-likeness (QED) is 0.515. The molecular weight excluding hydrogens is 444 g/mol. The van der Waals surface area contributed by atoms with Gasteiger partial charge >= 0.3 is 0 Å². The van der Waals surface area contributed by atoms with Crippen molar-refractivity contribution in [2.24, 2.45) is 0 Å². The van der Waals surface area contributed by atoms with E-state index in [2.05, 4.69) is 11.5 Å². The number of para-hydroxylation sites is 1. The first-order valence-electron chi connectivity index (χ1n) is 12.4. The van der Waals surface area contributed by atoms with Gasteiger partial charge in [-0.05, 0) is 37.1 Å². The summed E-state index contributed by atoms with van der Waals surface area (Å²) in [5, 5.41) is 10.8. The molecule has 7 nitrogen and oxygen atoms in total. The van der Waals surface area contributed by atoms with Gasteiger partial charge in [-0.25, -0.2) is 0 Å². The Balaban J connectivity index is 1.62. The lowest BCUT2D eigenvalue weighted by Gasteiger charge is -2.37. The number of carbonyl (C=O) groups excluding carboxylic acids is 1. The van der Waals surface area contributed by atoms with Crippen molar-refractivity contribution in [3.05, 3.63) is 60.7 Å². The highest BCUT2D eigenvalue weighted by Crippen LogP contribution is 2.41. The maximum Gasteiger partial charge on any atom is 0.224 e. The second kappa shape index (κ2) is 12.0. The number of hydrogen-bond donors (Lipinski definition) is 1. The zero-order valence-electron chi connectivity index (χ0n) is 20.5. The Morgan fingerprint density at radius 1 is 1.14 bits per heavy atom. The highest BCUT2D eigenvalue weighted by atomic mass is 16.5. The van der Waals surface area contributed by atoms with Crippen LogP contribution in [0.25, 0.3) is 0 Å². The number of nitrogens with zero attached hydrogens (tertiary/aromatic N) is 2. The molecule has 1 atom stereocenters. The van der Waals surface area contributed by atoms with Gasteiger partial charge < -0.3 is 29.1 Å². The Morgan fingerprint density at radius 3 is 2.63 bits per heavy atom. The van der Waals surface area contributed by atoms with Gasteiger partial charge in [0.05, 0.1) is 13.7 Å². The average Bonchev–Trinajstić information content (AvgIpc) is 3.41. The van der Waals surface area contributed by atoms with Crippen molar-refractivity contribution in [3.8, 4) is 17.2 Å². The minimum absolute atomic E-state index is 0.139. The Kier molecular flexibility index (Phi) is 8.53. The summed E-state index contributed by atoms with van der Waals surface area (Å²) in [4.78, 5) is 17.4. The van der Waals surface area contributed by atoms with Gasteiger partial charge in [-0.1, -0.05) is 43.7 Å². The van der Waals surface area contributed by atoms with E-state index in [0.717, 1.165) is 36.9 Å². The summed E-state index contributed by atoms with van der Waals surface area (Å²) in [6.45, 7) is 5.57. The van der Waals surface area contributed by atoms with Crippen LogP contribution in [0.3, 0.4) is 0 Å². The molecule has 1 heterocycles. The molecule has 1 N–H and O–H groups in total. The van der Waals surface area contributed by atoms with Gasteiger partial charge in [0.1, 0.15) is 25.1 Å². The second-order valence-corrected chi connectivity index (χ2v) is 9.13. The van der Waals surface area contributed by atoms with Gasteiger partial charge in [-0.15, -0.1) is 0 Å². The van der Waals surface area contributed by atoms with E-state index in [4.69, 9.17) is 14.2 Å². The molecule has 1 unspecified atom stereocenters. The molecule has 2 aliphatic rings. The third-order valence-corrected chi connectivity index (χ3v) is 6.73. The molecule has 2 aromatic carbocycles. The van der Waals surface area contributed by atoms with E-state index in [1.165, 1.54) is 0 Å². The summed E-state index contributed by atoms with van der Waals surface area (Å²) in [6.07, 6.45) is 5.74.